The van der Waals surface area contributed by atoms with Crippen LogP contribution in [0.2, 0.25) is 0 Å². The van der Waals surface area contributed by atoms with Gasteiger partial charge in [0.2, 0.25) is 5.91 Å². The van der Waals surface area contributed by atoms with Crippen LogP contribution in [-0.2, 0) is 11.3 Å². The molecule has 1 saturated heterocycles. The van der Waals surface area contributed by atoms with Crippen LogP contribution in [-0.4, -0.2) is 37.0 Å². The average molecular weight is 327 g/mol. The topological polar surface area (TPSA) is 65.4 Å². The fraction of sp³-hybridized carbons (Fsp3) is 0.579. The number of likely N-dealkylation sites (tertiary alicyclic amines) is 1. The van der Waals surface area contributed by atoms with E-state index in [-0.39, 0.29) is 5.92 Å². The summed E-state index contributed by atoms with van der Waals surface area (Å²) in [4.78, 5) is 14.5. The molecule has 1 N–H and O–H groups in total. The minimum atomic E-state index is 0.191. The first-order valence-electron chi connectivity index (χ1n) is 8.80. The predicted octanol–water partition coefficient (Wildman–Crippen LogP) is 2.45. The van der Waals surface area contributed by atoms with Gasteiger partial charge in [0.05, 0.1) is 12.7 Å². The number of nitriles is 1. The van der Waals surface area contributed by atoms with Crippen molar-refractivity contribution >= 4 is 5.91 Å². The van der Waals surface area contributed by atoms with E-state index in [4.69, 9.17) is 10.00 Å². The van der Waals surface area contributed by atoms with Crippen molar-refractivity contribution < 1.29 is 9.53 Å². The molecule has 2 fully saturated rings. The zero-order valence-corrected chi connectivity index (χ0v) is 14.3. The van der Waals surface area contributed by atoms with Crippen LogP contribution in [0.4, 0.5) is 0 Å². The molecule has 128 valence electrons. The van der Waals surface area contributed by atoms with Crippen molar-refractivity contribution in [3.8, 4) is 11.8 Å². The fourth-order valence-electron chi connectivity index (χ4n) is 3.79. The van der Waals surface area contributed by atoms with E-state index in [1.54, 1.807) is 13.2 Å². The summed E-state index contributed by atoms with van der Waals surface area (Å²) in [5.74, 6) is 1.17. The molecule has 1 aliphatic carbocycles. The molecule has 1 amide bonds. The summed E-state index contributed by atoms with van der Waals surface area (Å²) < 4.78 is 5.25. The lowest BCUT2D eigenvalue weighted by atomic mass is 10.1. The van der Waals surface area contributed by atoms with Crippen LogP contribution in [0.3, 0.4) is 0 Å². The van der Waals surface area contributed by atoms with Gasteiger partial charge in [0.25, 0.3) is 0 Å². The summed E-state index contributed by atoms with van der Waals surface area (Å²) in [6, 6.07) is 8.18. The highest BCUT2D eigenvalue weighted by atomic mass is 16.5. The Balaban J connectivity index is 1.51. The lowest BCUT2D eigenvalue weighted by Crippen LogP contribution is -2.34. The number of hydrogen-bond acceptors (Lipinski definition) is 4. The van der Waals surface area contributed by atoms with Crippen molar-refractivity contribution in [2.24, 2.45) is 5.92 Å². The van der Waals surface area contributed by atoms with Gasteiger partial charge in [-0.05, 0) is 49.8 Å². The Bertz CT molecular complexity index is 632. The molecule has 2 aliphatic rings. The second-order valence-electron chi connectivity index (χ2n) is 6.77. The van der Waals surface area contributed by atoms with Gasteiger partial charge in [-0.15, -0.1) is 0 Å². The Hall–Kier alpha value is -2.06. The summed E-state index contributed by atoms with van der Waals surface area (Å²) in [7, 11) is 1.58. The third-order valence-corrected chi connectivity index (χ3v) is 5.18. The summed E-state index contributed by atoms with van der Waals surface area (Å²) in [5, 5.41) is 12.6. The first kappa shape index (κ1) is 16.8. The molecule has 24 heavy (non-hydrogen) atoms. The van der Waals surface area contributed by atoms with E-state index >= 15 is 0 Å². The Morgan fingerprint density at radius 3 is 2.88 bits per heavy atom. The third-order valence-electron chi connectivity index (χ3n) is 5.18. The van der Waals surface area contributed by atoms with Gasteiger partial charge in [-0.2, -0.15) is 5.26 Å². The first-order chi connectivity index (χ1) is 11.7. The number of amides is 1. The largest absolute Gasteiger partial charge is 0.495 e. The molecule has 1 saturated carbocycles. The van der Waals surface area contributed by atoms with E-state index < -0.39 is 0 Å². The number of hydrogen-bond donors (Lipinski definition) is 1. The van der Waals surface area contributed by atoms with Crippen LogP contribution in [0.5, 0.6) is 5.75 Å². The molecule has 0 aromatic heterocycles. The smallest absolute Gasteiger partial charge is 0.225 e. The number of nitrogens with zero attached hydrogens (tertiary/aromatic N) is 2. The van der Waals surface area contributed by atoms with E-state index in [1.807, 2.05) is 17.0 Å². The van der Waals surface area contributed by atoms with E-state index in [1.165, 1.54) is 0 Å². The number of methoxy groups -OCH3 is 1. The molecule has 0 spiro atoms. The van der Waals surface area contributed by atoms with Gasteiger partial charge in [-0.1, -0.05) is 6.07 Å². The van der Waals surface area contributed by atoms with E-state index in [0.717, 1.165) is 57.3 Å². The number of ether oxygens (including phenoxy) is 1. The molecule has 1 aliphatic heterocycles. The van der Waals surface area contributed by atoms with Crippen molar-refractivity contribution in [2.45, 2.75) is 44.7 Å². The molecule has 2 atom stereocenters. The van der Waals surface area contributed by atoms with Gasteiger partial charge in [-0.3, -0.25) is 4.79 Å². The molecule has 0 radical (unpaired) electrons. The number of carbonyl (C=O) groups excluding carboxylic acids is 1. The highest BCUT2D eigenvalue weighted by molar-refractivity contribution is 5.79. The Morgan fingerprint density at radius 2 is 2.17 bits per heavy atom. The number of carbonyl (C=O) groups is 1. The minimum Gasteiger partial charge on any atom is -0.495 e. The second-order valence-corrected chi connectivity index (χ2v) is 6.77. The lowest BCUT2D eigenvalue weighted by Gasteiger charge is -2.20. The monoisotopic (exact) mass is 327 g/mol. The maximum Gasteiger partial charge on any atom is 0.225 e. The zero-order chi connectivity index (χ0) is 16.9. The van der Waals surface area contributed by atoms with Crippen LogP contribution in [0.15, 0.2) is 18.2 Å². The molecule has 0 bridgehead atoms. The van der Waals surface area contributed by atoms with E-state index in [2.05, 4.69) is 11.4 Å². The standard InChI is InChI=1S/C19H25N3O2/c1-24-18-10-14(4-5-16(18)12-20)13-21-17-7-6-15(11-17)19(23)22-8-2-3-9-22/h4-5,10,15,17,21H,2-3,6-9,11,13H2,1H3/t15-,17+/m1/s1. The van der Waals surface area contributed by atoms with Crippen molar-refractivity contribution in [1.29, 1.82) is 5.26 Å². The lowest BCUT2D eigenvalue weighted by molar-refractivity contribution is -0.134. The maximum atomic E-state index is 12.5. The average Bonchev–Trinajstić information content (AvgIpc) is 3.30. The maximum absolute atomic E-state index is 12.5. The Kier molecular flexibility index (Phi) is 5.37. The fourth-order valence-corrected chi connectivity index (χ4v) is 3.79. The molecule has 5 heteroatoms. The first-order valence-corrected chi connectivity index (χ1v) is 8.80. The molecular weight excluding hydrogens is 302 g/mol. The van der Waals surface area contributed by atoms with E-state index in [9.17, 15) is 4.79 Å². The normalized spacial score (nSPS) is 23.2. The molecule has 5 nitrogen and oxygen atoms in total. The van der Waals surface area contributed by atoms with E-state index in [0.29, 0.717) is 23.3 Å². The van der Waals surface area contributed by atoms with Crippen molar-refractivity contribution in [1.82, 2.24) is 10.2 Å². The zero-order valence-electron chi connectivity index (χ0n) is 14.3. The molecule has 0 unspecified atom stereocenters. The highest BCUT2D eigenvalue weighted by Crippen LogP contribution is 2.29. The Morgan fingerprint density at radius 1 is 1.38 bits per heavy atom. The van der Waals surface area contributed by atoms with Crippen LogP contribution >= 0.6 is 0 Å². The summed E-state index contributed by atoms with van der Waals surface area (Å²) in [6.07, 6.45) is 5.28. The SMILES string of the molecule is COc1cc(CN[C@H]2CC[C@@H](C(=O)N3CCCC3)C2)ccc1C#N. The van der Waals surface area contributed by atoms with Crippen LogP contribution in [0.1, 0.15) is 43.2 Å². The third kappa shape index (κ3) is 3.70. The van der Waals surface area contributed by atoms with Gasteiger partial charge in [0.15, 0.2) is 0 Å². The van der Waals surface area contributed by atoms with Gasteiger partial charge in [0, 0.05) is 31.6 Å². The van der Waals surface area contributed by atoms with Crippen LogP contribution in [0, 0.1) is 17.2 Å². The molecule has 1 aromatic carbocycles. The van der Waals surface area contributed by atoms with Gasteiger partial charge >= 0.3 is 0 Å². The number of nitrogens with one attached hydrogen (secondary N) is 1. The van der Waals surface area contributed by atoms with Crippen molar-refractivity contribution in [3.63, 3.8) is 0 Å². The van der Waals surface area contributed by atoms with Crippen LogP contribution < -0.4 is 10.1 Å². The number of rotatable bonds is 5. The Labute approximate surface area is 143 Å². The van der Waals surface area contributed by atoms with Crippen molar-refractivity contribution in [2.75, 3.05) is 20.2 Å². The molecule has 1 heterocycles. The molecule has 1 aromatic rings. The predicted molar refractivity (Wildman–Crippen MR) is 91.5 cm³/mol. The molecular formula is C19H25N3O2. The number of benzene rings is 1. The van der Waals surface area contributed by atoms with Crippen LogP contribution in [0.25, 0.3) is 0 Å². The van der Waals surface area contributed by atoms with Gasteiger partial charge in [0.1, 0.15) is 11.8 Å². The minimum absolute atomic E-state index is 0.191. The summed E-state index contributed by atoms with van der Waals surface area (Å²) in [5.41, 5.74) is 1.65. The summed E-state index contributed by atoms with van der Waals surface area (Å²) in [6.45, 7) is 2.62. The highest BCUT2D eigenvalue weighted by Gasteiger charge is 2.33. The van der Waals surface area contributed by atoms with Gasteiger partial charge in [-0.25, -0.2) is 0 Å². The van der Waals surface area contributed by atoms with Gasteiger partial charge < -0.3 is 15.0 Å². The molecule has 3 rings (SSSR count). The quantitative estimate of drug-likeness (QED) is 0.902. The van der Waals surface area contributed by atoms with Crippen molar-refractivity contribution in [3.05, 3.63) is 29.3 Å². The summed E-state index contributed by atoms with van der Waals surface area (Å²) >= 11 is 0. The second kappa shape index (κ2) is 7.67.